The van der Waals surface area contributed by atoms with Crippen molar-refractivity contribution in [1.82, 2.24) is 0 Å². The SMILES string of the molecule is [NH3+]C(Cc1cc(I)c(Oc2cc(Br)c(O)c3ccccc23)c(I)c1)C(=O)[O-]. The van der Waals surface area contributed by atoms with E-state index in [0.717, 1.165) is 18.1 Å². The molecule has 0 aliphatic carbocycles. The van der Waals surface area contributed by atoms with Crippen molar-refractivity contribution < 1.29 is 25.5 Å². The number of phenolic OH excluding ortho intramolecular Hbond substituents is 1. The van der Waals surface area contributed by atoms with Crippen molar-refractivity contribution in [3.8, 4) is 17.2 Å². The number of carboxylic acid groups (broad SMARTS) is 1. The van der Waals surface area contributed by atoms with E-state index in [1.807, 2.05) is 36.4 Å². The number of aliphatic carboxylic acids is 1. The Kier molecular flexibility index (Phi) is 6.49. The Morgan fingerprint density at radius 1 is 1.19 bits per heavy atom. The fourth-order valence-electron chi connectivity index (χ4n) is 2.68. The van der Waals surface area contributed by atoms with Gasteiger partial charge in [-0.3, -0.25) is 0 Å². The van der Waals surface area contributed by atoms with Crippen LogP contribution in [0, 0.1) is 7.14 Å². The molecule has 5 nitrogen and oxygen atoms in total. The van der Waals surface area contributed by atoms with Gasteiger partial charge in [0.25, 0.3) is 0 Å². The zero-order valence-corrected chi connectivity index (χ0v) is 19.7. The lowest BCUT2D eigenvalue weighted by atomic mass is 10.1. The van der Waals surface area contributed by atoms with Gasteiger partial charge in [0.15, 0.2) is 5.75 Å². The van der Waals surface area contributed by atoms with Crippen LogP contribution in [0.15, 0.2) is 46.9 Å². The van der Waals surface area contributed by atoms with E-state index in [1.54, 1.807) is 6.07 Å². The Labute approximate surface area is 191 Å². The van der Waals surface area contributed by atoms with Gasteiger partial charge in [-0.25, -0.2) is 0 Å². The Morgan fingerprint density at radius 2 is 1.78 bits per heavy atom. The molecule has 8 heteroatoms. The molecular formula is C19H14BrI2NO4. The van der Waals surface area contributed by atoms with Gasteiger partial charge in [0.1, 0.15) is 17.5 Å². The Hall–Kier alpha value is -1.11. The van der Waals surface area contributed by atoms with Crippen molar-refractivity contribution in [2.45, 2.75) is 12.5 Å². The standard InChI is InChI=1S/C19H14BrI2NO4/c20-12-8-16(10-3-1-2-4-11(10)17(12)24)27-18-13(21)5-9(6-14(18)22)7-15(23)19(25)26/h1-6,8,15,24H,7,23H2,(H,25,26). The zero-order chi connectivity index (χ0) is 19.7. The number of carboxylic acids is 1. The summed E-state index contributed by atoms with van der Waals surface area (Å²) in [6.45, 7) is 0. The van der Waals surface area contributed by atoms with Gasteiger partial charge in [-0.15, -0.1) is 0 Å². The van der Waals surface area contributed by atoms with Crippen LogP contribution in [0.25, 0.3) is 10.8 Å². The second kappa shape index (κ2) is 8.50. The minimum atomic E-state index is -1.17. The number of carbonyl (C=O) groups excluding carboxylic acids is 1. The molecule has 1 unspecified atom stereocenters. The number of phenols is 1. The molecule has 0 aliphatic rings. The third kappa shape index (κ3) is 4.49. The Balaban J connectivity index is 2.01. The van der Waals surface area contributed by atoms with Crippen molar-refractivity contribution >= 4 is 77.9 Å². The van der Waals surface area contributed by atoms with Gasteiger partial charge < -0.3 is 25.5 Å². The molecule has 0 spiro atoms. The lowest BCUT2D eigenvalue weighted by Gasteiger charge is -2.16. The maximum atomic E-state index is 10.9. The van der Waals surface area contributed by atoms with E-state index in [2.05, 4.69) is 66.8 Å². The van der Waals surface area contributed by atoms with E-state index >= 15 is 0 Å². The average Bonchev–Trinajstić information content (AvgIpc) is 2.62. The highest BCUT2D eigenvalue weighted by atomic mass is 127. The minimum absolute atomic E-state index is 0.168. The van der Waals surface area contributed by atoms with Crippen molar-refractivity contribution in [3.05, 3.63) is 59.6 Å². The summed E-state index contributed by atoms with van der Waals surface area (Å²) in [5, 5.41) is 22.7. The lowest BCUT2D eigenvalue weighted by Crippen LogP contribution is -2.69. The van der Waals surface area contributed by atoms with Crippen LogP contribution >= 0.6 is 61.1 Å². The molecule has 0 heterocycles. The first-order valence-corrected chi connectivity index (χ1v) is 10.8. The molecule has 0 bridgehead atoms. The molecule has 0 fully saturated rings. The van der Waals surface area contributed by atoms with Crippen molar-refractivity contribution in [2.24, 2.45) is 0 Å². The van der Waals surface area contributed by atoms with Crippen molar-refractivity contribution in [2.75, 3.05) is 0 Å². The van der Waals surface area contributed by atoms with E-state index in [1.165, 1.54) is 0 Å². The predicted molar refractivity (Wildman–Crippen MR) is 121 cm³/mol. The first-order chi connectivity index (χ1) is 12.8. The number of carbonyl (C=O) groups is 1. The molecule has 0 aliphatic heterocycles. The van der Waals surface area contributed by atoms with Gasteiger partial charge in [0.05, 0.1) is 17.6 Å². The molecule has 0 radical (unpaired) electrons. The second-order valence-corrected chi connectivity index (χ2v) is 9.14. The van der Waals surface area contributed by atoms with Gasteiger partial charge in [-0.2, -0.15) is 0 Å². The molecule has 0 amide bonds. The summed E-state index contributed by atoms with van der Waals surface area (Å²) in [6.07, 6.45) is 0.294. The highest BCUT2D eigenvalue weighted by molar-refractivity contribution is 14.1. The van der Waals surface area contributed by atoms with Crippen LogP contribution in [-0.2, 0) is 11.2 Å². The fraction of sp³-hybridized carbons (Fsp3) is 0.105. The molecule has 0 saturated carbocycles. The summed E-state index contributed by atoms with van der Waals surface area (Å²) in [4.78, 5) is 10.9. The number of ether oxygens (including phenoxy) is 1. The normalized spacial score (nSPS) is 12.1. The molecule has 0 saturated heterocycles. The van der Waals surface area contributed by atoms with E-state index in [-0.39, 0.29) is 5.75 Å². The maximum Gasteiger partial charge on any atom is 0.154 e. The van der Waals surface area contributed by atoms with Crippen LogP contribution < -0.4 is 15.6 Å². The highest BCUT2D eigenvalue weighted by Crippen LogP contribution is 2.42. The Bertz CT molecular complexity index is 1020. The molecule has 1 atom stereocenters. The number of rotatable bonds is 5. The van der Waals surface area contributed by atoms with E-state index in [0.29, 0.717) is 27.8 Å². The number of quaternary nitrogens is 1. The molecule has 3 aromatic rings. The summed E-state index contributed by atoms with van der Waals surface area (Å²) >= 11 is 7.70. The van der Waals surface area contributed by atoms with E-state index in [4.69, 9.17) is 4.74 Å². The van der Waals surface area contributed by atoms with Crippen LogP contribution in [0.5, 0.6) is 17.2 Å². The molecule has 0 aromatic heterocycles. The third-order valence-electron chi connectivity index (χ3n) is 4.02. The summed E-state index contributed by atoms with van der Waals surface area (Å²) < 4.78 is 8.45. The van der Waals surface area contributed by atoms with Crippen molar-refractivity contribution in [1.29, 1.82) is 0 Å². The third-order valence-corrected chi connectivity index (χ3v) is 6.22. The van der Waals surface area contributed by atoms with Crippen molar-refractivity contribution in [3.63, 3.8) is 0 Å². The number of hydrogen-bond donors (Lipinski definition) is 2. The van der Waals surface area contributed by atoms with Gasteiger partial charge in [0.2, 0.25) is 0 Å². The number of halogens is 3. The molecule has 3 rings (SSSR count). The van der Waals surface area contributed by atoms with Gasteiger partial charge >= 0.3 is 0 Å². The summed E-state index contributed by atoms with van der Waals surface area (Å²) in [5.74, 6) is 0.294. The van der Waals surface area contributed by atoms with Crippen LogP contribution in [-0.4, -0.2) is 17.1 Å². The van der Waals surface area contributed by atoms with Gasteiger partial charge in [0, 0.05) is 17.2 Å². The molecule has 27 heavy (non-hydrogen) atoms. The number of hydrogen-bond acceptors (Lipinski definition) is 4. The molecular weight excluding hydrogens is 640 g/mol. The second-order valence-electron chi connectivity index (χ2n) is 5.96. The van der Waals surface area contributed by atoms with Crippen LogP contribution in [0.3, 0.4) is 0 Å². The van der Waals surface area contributed by atoms with Crippen LogP contribution in [0.4, 0.5) is 0 Å². The predicted octanol–water partition coefficient (Wildman–Crippen LogP) is 3.21. The zero-order valence-electron chi connectivity index (χ0n) is 13.8. The van der Waals surface area contributed by atoms with Crippen LogP contribution in [0.2, 0.25) is 0 Å². The maximum absolute atomic E-state index is 10.9. The summed E-state index contributed by atoms with van der Waals surface area (Å²) in [5.41, 5.74) is 4.47. The first-order valence-electron chi connectivity index (χ1n) is 7.88. The quantitative estimate of drug-likeness (QED) is 0.414. The molecule has 4 N–H and O–H groups in total. The number of aromatic hydroxyl groups is 1. The summed E-state index contributed by atoms with van der Waals surface area (Å²) in [7, 11) is 0. The van der Waals surface area contributed by atoms with Gasteiger partial charge in [-0.1, -0.05) is 24.3 Å². The fourth-order valence-corrected chi connectivity index (χ4v) is 5.22. The average molecular weight is 654 g/mol. The first kappa shape index (κ1) is 20.6. The topological polar surface area (TPSA) is 97.2 Å². The highest BCUT2D eigenvalue weighted by Gasteiger charge is 2.17. The largest absolute Gasteiger partial charge is 0.544 e. The molecule has 140 valence electrons. The van der Waals surface area contributed by atoms with E-state index in [9.17, 15) is 15.0 Å². The number of fused-ring (bicyclic) bond motifs is 1. The van der Waals surface area contributed by atoms with E-state index < -0.39 is 12.0 Å². The summed E-state index contributed by atoms with van der Waals surface area (Å²) in [6, 6.07) is 12.2. The smallest absolute Gasteiger partial charge is 0.154 e. The molecule has 3 aromatic carbocycles. The van der Waals surface area contributed by atoms with Crippen LogP contribution in [0.1, 0.15) is 5.56 Å². The Morgan fingerprint density at radius 3 is 2.37 bits per heavy atom. The van der Waals surface area contributed by atoms with Gasteiger partial charge in [-0.05, 0) is 84.9 Å². The monoisotopic (exact) mass is 653 g/mol. The number of benzene rings is 3. The minimum Gasteiger partial charge on any atom is -0.544 e. The lowest BCUT2D eigenvalue weighted by molar-refractivity contribution is -0.437.